The zero-order valence-electron chi connectivity index (χ0n) is 12.7. The largest absolute Gasteiger partial charge is 0.363 e. The Morgan fingerprint density at radius 2 is 1.91 bits per heavy atom. The molecule has 0 saturated carbocycles. The second-order valence-corrected chi connectivity index (χ2v) is 5.70. The van der Waals surface area contributed by atoms with Gasteiger partial charge in [0.1, 0.15) is 0 Å². The van der Waals surface area contributed by atoms with Gasteiger partial charge in [0.2, 0.25) is 5.82 Å². The van der Waals surface area contributed by atoms with E-state index in [0.717, 1.165) is 22.4 Å². The van der Waals surface area contributed by atoms with E-state index < -0.39 is 5.91 Å². The summed E-state index contributed by atoms with van der Waals surface area (Å²) in [6, 6.07) is 13.3. The first kappa shape index (κ1) is 15.2. The lowest BCUT2D eigenvalue weighted by Crippen LogP contribution is -2.13. The maximum absolute atomic E-state index is 11.5. The first-order valence-electron chi connectivity index (χ1n) is 7.07. The minimum absolute atomic E-state index is 0.0270. The van der Waals surface area contributed by atoms with E-state index in [0.29, 0.717) is 10.8 Å². The van der Waals surface area contributed by atoms with Crippen LogP contribution in [0.15, 0.2) is 42.5 Å². The van der Waals surface area contributed by atoms with Gasteiger partial charge >= 0.3 is 0 Å². The van der Waals surface area contributed by atoms with Gasteiger partial charge in [0.15, 0.2) is 5.82 Å². The maximum Gasteiger partial charge on any atom is 0.288 e. The number of nitrogens with zero attached hydrogens (tertiary/aromatic N) is 3. The van der Waals surface area contributed by atoms with Crippen LogP contribution in [-0.4, -0.2) is 20.7 Å². The Balaban J connectivity index is 2.27. The average Bonchev–Trinajstić information content (AvgIpc) is 2.95. The highest BCUT2D eigenvalue weighted by Gasteiger charge is 2.18. The van der Waals surface area contributed by atoms with E-state index in [4.69, 9.17) is 17.3 Å². The van der Waals surface area contributed by atoms with Gasteiger partial charge in [-0.15, -0.1) is 5.10 Å². The van der Waals surface area contributed by atoms with Gasteiger partial charge in [-0.2, -0.15) is 0 Å². The molecule has 0 aliphatic carbocycles. The smallest absolute Gasteiger partial charge is 0.288 e. The van der Waals surface area contributed by atoms with E-state index in [1.165, 1.54) is 0 Å². The van der Waals surface area contributed by atoms with Crippen LogP contribution in [0.25, 0.3) is 17.1 Å². The molecule has 3 aromatic rings. The average molecular weight is 327 g/mol. The number of primary amides is 1. The predicted octanol–water partition coefficient (Wildman–Crippen LogP) is 3.30. The van der Waals surface area contributed by atoms with E-state index in [1.54, 1.807) is 10.7 Å². The third-order valence-corrected chi connectivity index (χ3v) is 3.98. The van der Waals surface area contributed by atoms with E-state index in [-0.39, 0.29) is 5.82 Å². The molecule has 0 aliphatic rings. The van der Waals surface area contributed by atoms with Gasteiger partial charge < -0.3 is 5.73 Å². The summed E-state index contributed by atoms with van der Waals surface area (Å²) in [5.41, 5.74) is 8.89. The number of amides is 1. The standard InChI is InChI=1S/C17H15ClN4O/c1-10-5-3-6-12(9-10)17-20-16(15(19)23)21-22(17)14-8-4-7-13(18)11(14)2/h3-9H,1-2H3,(H2,19,23). The molecule has 0 fully saturated rings. The molecule has 116 valence electrons. The molecular weight excluding hydrogens is 312 g/mol. The van der Waals surface area contributed by atoms with Gasteiger partial charge in [-0.05, 0) is 37.6 Å². The van der Waals surface area contributed by atoms with Crippen LogP contribution >= 0.6 is 11.6 Å². The fraction of sp³-hybridized carbons (Fsp3) is 0.118. The monoisotopic (exact) mass is 326 g/mol. The summed E-state index contributed by atoms with van der Waals surface area (Å²) < 4.78 is 1.61. The number of benzene rings is 2. The van der Waals surface area contributed by atoms with Crippen LogP contribution in [-0.2, 0) is 0 Å². The van der Waals surface area contributed by atoms with Crippen LogP contribution in [0, 0.1) is 13.8 Å². The maximum atomic E-state index is 11.5. The molecule has 0 radical (unpaired) electrons. The lowest BCUT2D eigenvalue weighted by atomic mass is 10.1. The van der Waals surface area contributed by atoms with Crippen LogP contribution in [0.3, 0.4) is 0 Å². The Morgan fingerprint density at radius 1 is 1.17 bits per heavy atom. The summed E-state index contributed by atoms with van der Waals surface area (Å²) in [5, 5.41) is 4.88. The molecule has 0 unspecified atom stereocenters. The van der Waals surface area contributed by atoms with Crippen molar-refractivity contribution in [1.29, 1.82) is 0 Å². The van der Waals surface area contributed by atoms with Crippen molar-refractivity contribution in [2.75, 3.05) is 0 Å². The van der Waals surface area contributed by atoms with E-state index in [1.807, 2.05) is 50.2 Å². The number of carbonyl (C=O) groups excluding carboxylic acids is 1. The quantitative estimate of drug-likeness (QED) is 0.802. The summed E-state index contributed by atoms with van der Waals surface area (Å²) in [7, 11) is 0. The second-order valence-electron chi connectivity index (χ2n) is 5.29. The van der Waals surface area contributed by atoms with Gasteiger partial charge in [-0.25, -0.2) is 9.67 Å². The Kier molecular flexibility index (Phi) is 3.88. The first-order valence-corrected chi connectivity index (χ1v) is 7.44. The summed E-state index contributed by atoms with van der Waals surface area (Å²) in [5.74, 6) is -0.147. The molecule has 3 rings (SSSR count). The van der Waals surface area contributed by atoms with Gasteiger partial charge in [-0.3, -0.25) is 4.79 Å². The van der Waals surface area contributed by atoms with E-state index in [2.05, 4.69) is 10.1 Å². The van der Waals surface area contributed by atoms with Crippen LogP contribution in [0.2, 0.25) is 5.02 Å². The Morgan fingerprint density at radius 3 is 2.61 bits per heavy atom. The van der Waals surface area contributed by atoms with Crippen LogP contribution < -0.4 is 5.73 Å². The van der Waals surface area contributed by atoms with Crippen LogP contribution in [0.5, 0.6) is 0 Å². The third-order valence-electron chi connectivity index (χ3n) is 3.57. The van der Waals surface area contributed by atoms with Gasteiger partial charge in [0.05, 0.1) is 5.69 Å². The number of nitrogens with two attached hydrogens (primary N) is 1. The van der Waals surface area contributed by atoms with Crippen molar-refractivity contribution in [3.8, 4) is 17.1 Å². The molecule has 5 nitrogen and oxygen atoms in total. The molecule has 1 aromatic heterocycles. The molecule has 0 saturated heterocycles. The van der Waals surface area contributed by atoms with Crippen molar-refractivity contribution < 1.29 is 4.79 Å². The highest BCUT2D eigenvalue weighted by molar-refractivity contribution is 6.31. The molecule has 6 heteroatoms. The zero-order valence-corrected chi connectivity index (χ0v) is 13.5. The number of hydrogen-bond acceptors (Lipinski definition) is 3. The topological polar surface area (TPSA) is 73.8 Å². The number of rotatable bonds is 3. The van der Waals surface area contributed by atoms with Crippen molar-refractivity contribution in [2.45, 2.75) is 13.8 Å². The molecule has 2 N–H and O–H groups in total. The van der Waals surface area contributed by atoms with Crippen molar-refractivity contribution in [3.05, 3.63) is 64.4 Å². The van der Waals surface area contributed by atoms with Crippen molar-refractivity contribution in [1.82, 2.24) is 14.8 Å². The van der Waals surface area contributed by atoms with Crippen LogP contribution in [0.1, 0.15) is 21.7 Å². The highest BCUT2D eigenvalue weighted by atomic mass is 35.5. The summed E-state index contributed by atoms with van der Waals surface area (Å²) >= 11 is 6.20. The van der Waals surface area contributed by atoms with Crippen LogP contribution in [0.4, 0.5) is 0 Å². The van der Waals surface area contributed by atoms with Crippen molar-refractivity contribution >= 4 is 17.5 Å². The number of aryl methyl sites for hydroxylation is 1. The summed E-state index contributed by atoms with van der Waals surface area (Å²) in [6.07, 6.45) is 0. The minimum atomic E-state index is -0.669. The van der Waals surface area contributed by atoms with Crippen molar-refractivity contribution in [2.24, 2.45) is 5.73 Å². The fourth-order valence-corrected chi connectivity index (χ4v) is 2.55. The molecule has 0 spiro atoms. The normalized spacial score (nSPS) is 10.7. The molecule has 1 amide bonds. The Labute approximate surface area is 138 Å². The first-order chi connectivity index (χ1) is 11.0. The molecule has 2 aromatic carbocycles. The second kappa shape index (κ2) is 5.85. The molecule has 0 bridgehead atoms. The lowest BCUT2D eigenvalue weighted by Gasteiger charge is -2.10. The Bertz CT molecular complexity index is 901. The molecular formula is C17H15ClN4O. The van der Waals surface area contributed by atoms with Gasteiger partial charge in [-0.1, -0.05) is 41.4 Å². The lowest BCUT2D eigenvalue weighted by molar-refractivity contribution is 0.0990. The highest BCUT2D eigenvalue weighted by Crippen LogP contribution is 2.27. The van der Waals surface area contributed by atoms with E-state index in [9.17, 15) is 4.79 Å². The van der Waals surface area contributed by atoms with Gasteiger partial charge in [0, 0.05) is 10.6 Å². The number of halogens is 1. The molecule has 0 aliphatic heterocycles. The molecule has 23 heavy (non-hydrogen) atoms. The zero-order chi connectivity index (χ0) is 16.6. The number of hydrogen-bond donors (Lipinski definition) is 1. The SMILES string of the molecule is Cc1cccc(-c2nc(C(N)=O)nn2-c2cccc(Cl)c2C)c1. The number of carbonyl (C=O) groups is 1. The molecule has 1 heterocycles. The van der Waals surface area contributed by atoms with E-state index >= 15 is 0 Å². The number of aromatic nitrogens is 3. The summed E-state index contributed by atoms with van der Waals surface area (Å²) in [6.45, 7) is 3.88. The summed E-state index contributed by atoms with van der Waals surface area (Å²) in [4.78, 5) is 15.8. The van der Waals surface area contributed by atoms with Gasteiger partial charge in [0.25, 0.3) is 5.91 Å². The third kappa shape index (κ3) is 2.83. The molecule has 0 atom stereocenters. The fourth-order valence-electron chi connectivity index (χ4n) is 2.38. The van der Waals surface area contributed by atoms with Crippen molar-refractivity contribution in [3.63, 3.8) is 0 Å². The minimum Gasteiger partial charge on any atom is -0.363 e. The predicted molar refractivity (Wildman–Crippen MR) is 89.8 cm³/mol. The Hall–Kier alpha value is -2.66.